The number of rotatable bonds is 2. The Morgan fingerprint density at radius 2 is 1.93 bits per heavy atom. The molecule has 0 saturated carbocycles. The van der Waals surface area contributed by atoms with Gasteiger partial charge in [0, 0.05) is 36.2 Å². The molecule has 4 aromatic heterocycles. The molecule has 148 valence electrons. The van der Waals surface area contributed by atoms with E-state index in [9.17, 15) is 4.79 Å². The van der Waals surface area contributed by atoms with E-state index in [2.05, 4.69) is 17.0 Å². The second kappa shape index (κ2) is 7.14. The van der Waals surface area contributed by atoms with Crippen molar-refractivity contribution in [3.63, 3.8) is 0 Å². The summed E-state index contributed by atoms with van der Waals surface area (Å²) in [4.78, 5) is 22.4. The molecular formula is C23H22BN5O. The lowest BCUT2D eigenvalue weighted by molar-refractivity contribution is 0.445. The largest absolute Gasteiger partial charge is 0.312 e. The summed E-state index contributed by atoms with van der Waals surface area (Å²) in [5, 5.41) is 9.75. The summed E-state index contributed by atoms with van der Waals surface area (Å²) < 4.78 is 3.86. The maximum Gasteiger partial charge on any atom is 0.268 e. The maximum absolute atomic E-state index is 13.1. The molecule has 4 aromatic rings. The molecule has 1 aliphatic heterocycles. The molecule has 0 atom stereocenters. The van der Waals surface area contributed by atoms with Crippen LogP contribution in [0, 0.1) is 25.1 Å². The highest BCUT2D eigenvalue weighted by atomic mass is 16.1. The van der Waals surface area contributed by atoms with Crippen LogP contribution >= 0.6 is 0 Å². The number of aromatic nitrogens is 4. The van der Waals surface area contributed by atoms with Gasteiger partial charge in [0.05, 0.1) is 22.3 Å². The number of nitrogens with zero attached hydrogens (tertiary/aromatic N) is 5. The first-order chi connectivity index (χ1) is 14.5. The van der Waals surface area contributed by atoms with Crippen molar-refractivity contribution in [2.24, 2.45) is 0 Å². The van der Waals surface area contributed by atoms with Gasteiger partial charge in [-0.05, 0) is 56.5 Å². The van der Waals surface area contributed by atoms with E-state index in [0.717, 1.165) is 53.6 Å². The first kappa shape index (κ1) is 18.6. The van der Waals surface area contributed by atoms with Crippen LogP contribution in [0.1, 0.15) is 30.1 Å². The van der Waals surface area contributed by atoms with Crippen molar-refractivity contribution in [3.05, 3.63) is 64.5 Å². The van der Waals surface area contributed by atoms with Crippen LogP contribution in [0.4, 0.5) is 0 Å². The molecule has 30 heavy (non-hydrogen) atoms. The third kappa shape index (κ3) is 3.09. The van der Waals surface area contributed by atoms with Crippen LogP contribution in [0.3, 0.4) is 0 Å². The topological polar surface area (TPSA) is 76.0 Å². The average molecular weight is 395 g/mol. The number of fused-ring (bicyclic) bond motifs is 2. The molecule has 0 aromatic carbocycles. The van der Waals surface area contributed by atoms with E-state index in [1.807, 2.05) is 59.6 Å². The molecule has 6 nitrogen and oxygen atoms in total. The minimum atomic E-state index is 0.00354. The van der Waals surface area contributed by atoms with Crippen LogP contribution in [0.25, 0.3) is 27.8 Å². The van der Waals surface area contributed by atoms with Gasteiger partial charge in [0.25, 0.3) is 12.3 Å². The number of hydrogen-bond donors (Lipinski definition) is 0. The number of pyridine rings is 3. The molecule has 5 heterocycles. The Bertz CT molecular complexity index is 1370. The zero-order valence-electron chi connectivity index (χ0n) is 17.2. The van der Waals surface area contributed by atoms with Gasteiger partial charge in [-0.2, -0.15) is 0 Å². The molecule has 0 amide bonds. The van der Waals surface area contributed by atoms with Gasteiger partial charge in [-0.25, -0.2) is 15.2 Å². The summed E-state index contributed by atoms with van der Waals surface area (Å²) in [6, 6.07) is 8.00. The van der Waals surface area contributed by atoms with Crippen LogP contribution in [0.5, 0.6) is 0 Å². The van der Waals surface area contributed by atoms with E-state index < -0.39 is 0 Å². The Labute approximate surface area is 174 Å². The van der Waals surface area contributed by atoms with Gasteiger partial charge in [0.15, 0.2) is 0 Å². The highest BCUT2D eigenvalue weighted by molar-refractivity contribution is 6.67. The fourth-order valence-corrected chi connectivity index (χ4v) is 4.60. The van der Waals surface area contributed by atoms with Gasteiger partial charge >= 0.3 is 0 Å². The minimum Gasteiger partial charge on any atom is -0.312 e. The van der Waals surface area contributed by atoms with Gasteiger partial charge in [0.2, 0.25) is 0 Å². The van der Waals surface area contributed by atoms with Crippen molar-refractivity contribution in [1.29, 1.82) is 5.26 Å². The Morgan fingerprint density at radius 1 is 1.13 bits per heavy atom. The van der Waals surface area contributed by atoms with Gasteiger partial charge < -0.3 is 8.97 Å². The Balaban J connectivity index is 1.53. The van der Waals surface area contributed by atoms with E-state index >= 15 is 0 Å². The van der Waals surface area contributed by atoms with Gasteiger partial charge in [0.1, 0.15) is 5.65 Å². The number of hydrogen-bond acceptors (Lipinski definition) is 4. The molecule has 0 bridgehead atoms. The van der Waals surface area contributed by atoms with E-state index in [1.54, 1.807) is 0 Å². The third-order valence-electron chi connectivity index (χ3n) is 6.21. The molecule has 1 aliphatic rings. The van der Waals surface area contributed by atoms with E-state index in [4.69, 9.17) is 10.2 Å². The van der Waals surface area contributed by atoms with Crippen LogP contribution in [0.2, 0.25) is 12.6 Å². The first-order valence-corrected chi connectivity index (χ1v) is 10.4. The molecule has 5 rings (SSSR count). The highest BCUT2D eigenvalue weighted by Gasteiger charge is 2.26. The summed E-state index contributed by atoms with van der Waals surface area (Å²) in [5.41, 5.74) is 5.56. The number of nitriles is 1. The van der Waals surface area contributed by atoms with Crippen molar-refractivity contribution in [3.8, 4) is 17.2 Å². The minimum absolute atomic E-state index is 0.00354. The van der Waals surface area contributed by atoms with Gasteiger partial charge in [-0.1, -0.05) is 12.6 Å². The summed E-state index contributed by atoms with van der Waals surface area (Å²) >= 11 is 0. The number of aryl methyl sites for hydroxylation is 2. The van der Waals surface area contributed by atoms with Gasteiger partial charge in [-0.15, -0.1) is 0 Å². The zero-order chi connectivity index (χ0) is 20.8. The standard InChI is InChI=1S/C23H22BN5O/c1-15-11-17(13-28-12-16(2)26-22(15)28)20-4-3-19-21(27-20)7-10-29(23(19)30)18-5-8-24(14-25)9-6-18/h3-4,7,10-13,18H,5-6,8-9H2,1-2H3. The smallest absolute Gasteiger partial charge is 0.268 e. The lowest BCUT2D eigenvalue weighted by Crippen LogP contribution is -2.29. The SMILES string of the molecule is Cc1cn2cc(-c3ccc4c(=O)n(C5CCB(C#N)CC5)ccc4n3)cc(C)c2n1. The van der Waals surface area contributed by atoms with Crippen molar-refractivity contribution in [2.75, 3.05) is 0 Å². The predicted octanol–water partition coefficient (Wildman–Crippen LogP) is 4.22. The molecule has 0 unspecified atom stereocenters. The highest BCUT2D eigenvalue weighted by Crippen LogP contribution is 2.29. The van der Waals surface area contributed by atoms with Crippen LogP contribution in [0.15, 0.2) is 47.7 Å². The average Bonchev–Trinajstić information content (AvgIpc) is 3.15. The van der Waals surface area contributed by atoms with E-state index in [0.29, 0.717) is 10.9 Å². The molecule has 1 saturated heterocycles. The zero-order valence-corrected chi connectivity index (χ0v) is 17.2. The Morgan fingerprint density at radius 3 is 2.70 bits per heavy atom. The lowest BCUT2D eigenvalue weighted by atomic mass is 9.42. The van der Waals surface area contributed by atoms with Crippen molar-refractivity contribution in [2.45, 2.75) is 45.4 Å². The monoisotopic (exact) mass is 395 g/mol. The second-order valence-electron chi connectivity index (χ2n) is 8.32. The number of imidazole rings is 1. The van der Waals surface area contributed by atoms with Crippen molar-refractivity contribution in [1.82, 2.24) is 18.9 Å². The molecule has 7 heteroatoms. The fraction of sp³-hybridized carbons (Fsp3) is 0.304. The molecule has 1 fully saturated rings. The first-order valence-electron chi connectivity index (χ1n) is 10.4. The van der Waals surface area contributed by atoms with Crippen molar-refractivity contribution < 1.29 is 0 Å². The normalized spacial score (nSPS) is 15.0. The van der Waals surface area contributed by atoms with Crippen LogP contribution < -0.4 is 5.56 Å². The maximum atomic E-state index is 13.1. The summed E-state index contributed by atoms with van der Waals surface area (Å²) in [7, 11) is 0. The molecule has 0 aliphatic carbocycles. The van der Waals surface area contributed by atoms with E-state index in [1.165, 1.54) is 0 Å². The quantitative estimate of drug-likeness (QED) is 0.476. The predicted molar refractivity (Wildman–Crippen MR) is 119 cm³/mol. The Kier molecular flexibility index (Phi) is 4.43. The van der Waals surface area contributed by atoms with E-state index in [-0.39, 0.29) is 18.3 Å². The summed E-state index contributed by atoms with van der Waals surface area (Å²) in [6.07, 6.45) is 9.37. The Hall–Kier alpha value is -3.40. The lowest BCUT2D eigenvalue weighted by Gasteiger charge is -2.25. The molecule has 0 radical (unpaired) electrons. The summed E-state index contributed by atoms with van der Waals surface area (Å²) in [5.74, 6) is 2.36. The van der Waals surface area contributed by atoms with Crippen LogP contribution in [-0.2, 0) is 0 Å². The fourth-order valence-electron chi connectivity index (χ4n) is 4.60. The van der Waals surface area contributed by atoms with Gasteiger partial charge in [-0.3, -0.25) is 4.79 Å². The molecular weight excluding hydrogens is 373 g/mol. The molecule has 0 spiro atoms. The van der Waals surface area contributed by atoms with Crippen molar-refractivity contribution >= 4 is 23.3 Å². The van der Waals surface area contributed by atoms with Crippen LogP contribution in [-0.4, -0.2) is 25.6 Å². The second-order valence-corrected chi connectivity index (χ2v) is 8.32. The summed E-state index contributed by atoms with van der Waals surface area (Å²) in [6.45, 7) is 4.16. The molecule has 0 N–H and O–H groups in total. The third-order valence-corrected chi connectivity index (χ3v) is 6.21.